The van der Waals surface area contributed by atoms with Crippen molar-refractivity contribution in [2.24, 2.45) is 11.8 Å². The molecule has 0 saturated heterocycles. The lowest BCUT2D eigenvalue weighted by Crippen LogP contribution is -2.38. The van der Waals surface area contributed by atoms with E-state index in [1.54, 1.807) is 11.3 Å². The third-order valence-corrected chi connectivity index (χ3v) is 5.53. The van der Waals surface area contributed by atoms with Gasteiger partial charge in [-0.2, -0.15) is 0 Å². The highest BCUT2D eigenvalue weighted by Crippen LogP contribution is 2.39. The van der Waals surface area contributed by atoms with Crippen molar-refractivity contribution in [2.45, 2.75) is 41.2 Å². The molecule has 0 bridgehead atoms. The molecule has 0 radical (unpaired) electrons. The summed E-state index contributed by atoms with van der Waals surface area (Å²) in [5.74, 6) is 1.56. The van der Waals surface area contributed by atoms with E-state index in [1.807, 2.05) is 19.1 Å². The average molecular weight is 344 g/mol. The first-order valence-corrected chi connectivity index (χ1v) is 9.52. The summed E-state index contributed by atoms with van der Waals surface area (Å²) in [5, 5.41) is 17.5. The molecule has 0 aliphatic heterocycles. The first-order valence-electron chi connectivity index (χ1n) is 8.70. The highest BCUT2D eigenvalue weighted by atomic mass is 32.1. The van der Waals surface area contributed by atoms with Gasteiger partial charge in [0.1, 0.15) is 5.75 Å². The number of benzene rings is 2. The molecule has 0 unspecified atom stereocenters. The van der Waals surface area contributed by atoms with Crippen LogP contribution in [0.1, 0.15) is 33.3 Å². The van der Waals surface area contributed by atoms with E-state index in [0.29, 0.717) is 17.6 Å². The summed E-state index contributed by atoms with van der Waals surface area (Å²) in [4.78, 5) is 0. The lowest BCUT2D eigenvalue weighted by molar-refractivity contribution is -0.658. The normalized spacial score (nSPS) is 12.0. The zero-order valence-electron chi connectivity index (χ0n) is 15.2. The molecule has 0 spiro atoms. The molecular weight excluding hydrogens is 316 g/mol. The minimum atomic E-state index is 0.409. The minimum absolute atomic E-state index is 0.409. The van der Waals surface area contributed by atoms with Crippen molar-refractivity contribution in [3.05, 3.63) is 29.8 Å². The van der Waals surface area contributed by atoms with Gasteiger partial charge in [0.15, 0.2) is 5.52 Å². The molecule has 2 aromatic carbocycles. The number of aromatic nitrogens is 1. The van der Waals surface area contributed by atoms with Gasteiger partial charge < -0.3 is 5.11 Å². The molecule has 0 atom stereocenters. The van der Waals surface area contributed by atoms with Crippen LogP contribution in [0.25, 0.3) is 21.0 Å². The van der Waals surface area contributed by atoms with Crippen molar-refractivity contribution in [1.82, 2.24) is 0 Å². The number of anilines is 1. The number of fused-ring (bicyclic) bond motifs is 3. The molecule has 2 N–H and O–H groups in total. The number of hydrogen-bond donors (Lipinski definition) is 2. The Morgan fingerprint density at radius 3 is 2.38 bits per heavy atom. The third kappa shape index (κ3) is 2.95. The topological polar surface area (TPSA) is 36.1 Å². The van der Waals surface area contributed by atoms with Crippen LogP contribution in [-0.4, -0.2) is 11.7 Å². The monoisotopic (exact) mass is 343 g/mol. The van der Waals surface area contributed by atoms with E-state index in [1.165, 1.54) is 15.3 Å². The van der Waals surface area contributed by atoms with Crippen LogP contribution < -0.4 is 9.88 Å². The van der Waals surface area contributed by atoms with E-state index in [9.17, 15) is 5.11 Å². The van der Waals surface area contributed by atoms with Crippen LogP contribution in [0.5, 0.6) is 5.75 Å². The Balaban J connectivity index is 2.33. The summed E-state index contributed by atoms with van der Waals surface area (Å²) in [6, 6.07) is 8.17. The third-order valence-electron chi connectivity index (χ3n) is 4.27. The fraction of sp³-hybridized carbons (Fsp3) is 0.450. The van der Waals surface area contributed by atoms with Gasteiger partial charge in [0.25, 0.3) is 0 Å². The summed E-state index contributed by atoms with van der Waals surface area (Å²) < 4.78 is 3.58. The lowest BCUT2D eigenvalue weighted by Gasteiger charge is -2.10. The van der Waals surface area contributed by atoms with Crippen molar-refractivity contribution >= 4 is 37.5 Å². The van der Waals surface area contributed by atoms with Gasteiger partial charge in [-0.1, -0.05) is 45.9 Å². The maximum absolute atomic E-state index is 10.6. The molecule has 24 heavy (non-hydrogen) atoms. The molecule has 3 rings (SSSR count). The summed E-state index contributed by atoms with van der Waals surface area (Å²) in [6.45, 7) is 12.9. The molecule has 3 nitrogen and oxygen atoms in total. The van der Waals surface area contributed by atoms with E-state index in [0.717, 1.165) is 29.4 Å². The van der Waals surface area contributed by atoms with Gasteiger partial charge in [0, 0.05) is 16.3 Å². The maximum Gasteiger partial charge on any atom is 0.334 e. The van der Waals surface area contributed by atoms with E-state index >= 15 is 0 Å². The van der Waals surface area contributed by atoms with Gasteiger partial charge in [-0.3, -0.25) is 5.32 Å². The summed E-state index contributed by atoms with van der Waals surface area (Å²) in [5.41, 5.74) is 2.22. The molecule has 4 heteroatoms. The predicted molar refractivity (Wildman–Crippen MR) is 104 cm³/mol. The second kappa shape index (κ2) is 6.60. The molecule has 0 amide bonds. The molecule has 0 fully saturated rings. The van der Waals surface area contributed by atoms with Crippen LogP contribution >= 0.6 is 11.3 Å². The highest BCUT2D eigenvalue weighted by molar-refractivity contribution is 7.22. The second-order valence-electron chi connectivity index (χ2n) is 7.38. The van der Waals surface area contributed by atoms with Crippen LogP contribution in [0.15, 0.2) is 24.3 Å². The summed E-state index contributed by atoms with van der Waals surface area (Å²) in [7, 11) is 0. The Bertz CT molecular complexity index is 880. The fourth-order valence-electron chi connectivity index (χ4n) is 3.11. The number of aryl methyl sites for hydroxylation is 1. The van der Waals surface area contributed by atoms with Gasteiger partial charge >= 0.3 is 5.13 Å². The quantitative estimate of drug-likeness (QED) is 0.634. The van der Waals surface area contributed by atoms with Crippen molar-refractivity contribution in [3.8, 4) is 5.75 Å². The van der Waals surface area contributed by atoms with Gasteiger partial charge in [-0.15, -0.1) is 0 Å². The molecule has 0 aliphatic carbocycles. The Hall–Kier alpha value is -1.81. The van der Waals surface area contributed by atoms with E-state index in [4.69, 9.17) is 0 Å². The molecular formula is C20H27N2OS+. The fourth-order valence-corrected chi connectivity index (χ4v) is 4.31. The van der Waals surface area contributed by atoms with Crippen LogP contribution in [0.2, 0.25) is 0 Å². The van der Waals surface area contributed by atoms with Crippen molar-refractivity contribution in [1.29, 1.82) is 0 Å². The number of nitrogens with zero attached hydrogens (tertiary/aromatic N) is 1. The first-order chi connectivity index (χ1) is 11.4. The van der Waals surface area contributed by atoms with Crippen LogP contribution in [0.4, 0.5) is 5.13 Å². The number of aromatic hydroxyl groups is 1. The minimum Gasteiger partial charge on any atom is -0.507 e. The average Bonchev–Trinajstić information content (AvgIpc) is 2.88. The van der Waals surface area contributed by atoms with E-state index < -0.39 is 0 Å². The van der Waals surface area contributed by atoms with Gasteiger partial charge in [-0.25, -0.2) is 4.57 Å². The van der Waals surface area contributed by atoms with Crippen LogP contribution in [-0.2, 0) is 6.54 Å². The highest BCUT2D eigenvalue weighted by Gasteiger charge is 2.24. The van der Waals surface area contributed by atoms with Gasteiger partial charge in [-0.05, 0) is 36.2 Å². The molecule has 1 aromatic heterocycles. The first kappa shape index (κ1) is 17.0. The Kier molecular flexibility index (Phi) is 4.68. The maximum atomic E-state index is 10.6. The molecule has 0 saturated carbocycles. The Morgan fingerprint density at radius 1 is 1.08 bits per heavy atom. The number of rotatable bonds is 5. The second-order valence-corrected chi connectivity index (χ2v) is 8.38. The van der Waals surface area contributed by atoms with E-state index in [-0.39, 0.29) is 0 Å². The predicted octanol–water partition coefficient (Wildman–Crippen LogP) is 5.08. The summed E-state index contributed by atoms with van der Waals surface area (Å²) >= 11 is 1.76. The molecule has 1 heterocycles. The van der Waals surface area contributed by atoms with E-state index in [2.05, 4.69) is 49.7 Å². The Labute approximate surface area is 147 Å². The van der Waals surface area contributed by atoms with Crippen molar-refractivity contribution in [2.75, 3.05) is 11.9 Å². The Morgan fingerprint density at radius 2 is 1.75 bits per heavy atom. The smallest absolute Gasteiger partial charge is 0.334 e. The number of hydrogen-bond acceptors (Lipinski definition) is 3. The largest absolute Gasteiger partial charge is 0.507 e. The standard InChI is InChI=1S/C20H26N2OS/c1-12(2)10-21-20-22(11-13(3)4)17-15-8-6-7-9-16(15)18(23)14(5)19(17)24-20/h6-9,12-13,23H,10-11H2,1-5H3/p+1. The molecule has 0 aliphatic rings. The number of phenolic OH excluding ortho intramolecular Hbond substituents is 1. The van der Waals surface area contributed by atoms with Crippen molar-refractivity contribution in [3.63, 3.8) is 0 Å². The number of nitrogens with one attached hydrogen (secondary N) is 1. The van der Waals surface area contributed by atoms with Crippen molar-refractivity contribution < 1.29 is 9.67 Å². The number of thiazole rings is 1. The SMILES string of the molecule is Cc1c(O)c2ccccc2c2c1sc(NCC(C)C)[n+]2CC(C)C. The van der Waals surface area contributed by atoms with Crippen LogP contribution in [0.3, 0.4) is 0 Å². The zero-order valence-corrected chi connectivity index (χ0v) is 16.0. The molecule has 3 aromatic rings. The number of phenols is 1. The van der Waals surface area contributed by atoms with Crippen LogP contribution in [0, 0.1) is 18.8 Å². The zero-order chi connectivity index (χ0) is 17.4. The lowest BCUT2D eigenvalue weighted by atomic mass is 10.0. The van der Waals surface area contributed by atoms with Gasteiger partial charge in [0.05, 0.1) is 17.8 Å². The molecule has 128 valence electrons. The summed E-state index contributed by atoms with van der Waals surface area (Å²) in [6.07, 6.45) is 0. The van der Waals surface area contributed by atoms with Gasteiger partial charge in [0.2, 0.25) is 0 Å².